The van der Waals surface area contributed by atoms with Crippen LogP contribution >= 0.6 is 0 Å². The maximum absolute atomic E-state index is 12.4. The molecule has 3 nitrogen and oxygen atoms in total. The molecule has 1 amide bonds. The van der Waals surface area contributed by atoms with Crippen molar-refractivity contribution < 1.29 is 9.53 Å². The second kappa shape index (κ2) is 6.27. The number of ether oxygens (including phenoxy) is 1. The fourth-order valence-electron chi connectivity index (χ4n) is 5.58. The van der Waals surface area contributed by atoms with Gasteiger partial charge in [0.1, 0.15) is 5.75 Å². The molecule has 3 heteroatoms. The van der Waals surface area contributed by atoms with Gasteiger partial charge in [-0.25, -0.2) is 0 Å². The quantitative estimate of drug-likeness (QED) is 0.825. The molecule has 5 rings (SSSR count). The predicted octanol–water partition coefficient (Wildman–Crippen LogP) is 4.18. The molecule has 1 aromatic carbocycles. The van der Waals surface area contributed by atoms with Crippen LogP contribution in [0.2, 0.25) is 0 Å². The molecule has 4 aliphatic carbocycles. The Morgan fingerprint density at radius 3 is 2.25 bits per heavy atom. The van der Waals surface area contributed by atoms with Crippen molar-refractivity contribution in [3.63, 3.8) is 0 Å². The van der Waals surface area contributed by atoms with E-state index in [-0.39, 0.29) is 11.4 Å². The van der Waals surface area contributed by atoms with Gasteiger partial charge in [0.25, 0.3) is 0 Å². The topological polar surface area (TPSA) is 38.3 Å². The standard InChI is InChI=1S/C21H27NO2/c1-2-24-19-6-3-15(4-7-19)5-8-20(23)22-21-12-16-9-17(13-21)11-18(10-16)14-21/h3-8,16-18H,2,9-14H2,1H3,(H,22,23). The highest BCUT2D eigenvalue weighted by molar-refractivity contribution is 5.92. The lowest BCUT2D eigenvalue weighted by atomic mass is 9.53. The van der Waals surface area contributed by atoms with Gasteiger partial charge in [-0.2, -0.15) is 0 Å². The third-order valence-corrected chi connectivity index (χ3v) is 6.04. The molecule has 0 aliphatic heterocycles. The van der Waals surface area contributed by atoms with Crippen molar-refractivity contribution in [2.75, 3.05) is 6.61 Å². The normalized spacial score (nSPS) is 33.8. The van der Waals surface area contributed by atoms with E-state index in [0.29, 0.717) is 6.61 Å². The highest BCUT2D eigenvalue weighted by Gasteiger charge is 2.51. The van der Waals surface area contributed by atoms with Crippen LogP contribution in [0.5, 0.6) is 5.75 Å². The van der Waals surface area contributed by atoms with Crippen LogP contribution in [-0.2, 0) is 4.79 Å². The third kappa shape index (κ3) is 3.22. The van der Waals surface area contributed by atoms with Gasteiger partial charge in [-0.05, 0) is 87.0 Å². The molecule has 128 valence electrons. The van der Waals surface area contributed by atoms with Crippen molar-refractivity contribution in [3.8, 4) is 5.75 Å². The first-order valence-electron chi connectivity index (χ1n) is 9.37. The molecular weight excluding hydrogens is 298 g/mol. The summed E-state index contributed by atoms with van der Waals surface area (Å²) in [6.45, 7) is 2.64. The first kappa shape index (κ1) is 15.7. The minimum absolute atomic E-state index is 0.0610. The largest absolute Gasteiger partial charge is 0.494 e. The van der Waals surface area contributed by atoms with Gasteiger partial charge in [-0.3, -0.25) is 4.79 Å². The molecule has 4 aliphatic rings. The summed E-state index contributed by atoms with van der Waals surface area (Å²) in [5.74, 6) is 3.49. The van der Waals surface area contributed by atoms with Crippen molar-refractivity contribution in [3.05, 3.63) is 35.9 Å². The van der Waals surface area contributed by atoms with E-state index >= 15 is 0 Å². The Hall–Kier alpha value is -1.77. The molecule has 0 heterocycles. The van der Waals surface area contributed by atoms with Crippen molar-refractivity contribution in [2.45, 2.75) is 51.0 Å². The van der Waals surface area contributed by atoms with E-state index < -0.39 is 0 Å². The Labute approximate surface area is 144 Å². The van der Waals surface area contributed by atoms with Gasteiger partial charge in [-0.15, -0.1) is 0 Å². The minimum Gasteiger partial charge on any atom is -0.494 e. The molecule has 0 saturated heterocycles. The average Bonchev–Trinajstić information content (AvgIpc) is 2.53. The molecule has 0 aromatic heterocycles. The van der Waals surface area contributed by atoms with Crippen LogP contribution in [0.15, 0.2) is 30.3 Å². The van der Waals surface area contributed by atoms with E-state index in [9.17, 15) is 4.79 Å². The number of hydrogen-bond donors (Lipinski definition) is 1. The smallest absolute Gasteiger partial charge is 0.244 e. The molecule has 0 spiro atoms. The number of nitrogens with one attached hydrogen (secondary N) is 1. The van der Waals surface area contributed by atoms with E-state index in [4.69, 9.17) is 4.74 Å². The lowest BCUT2D eigenvalue weighted by Crippen LogP contribution is -2.59. The monoisotopic (exact) mass is 325 g/mol. The van der Waals surface area contributed by atoms with Crippen molar-refractivity contribution >= 4 is 12.0 Å². The molecule has 0 atom stereocenters. The van der Waals surface area contributed by atoms with Gasteiger partial charge < -0.3 is 10.1 Å². The number of carbonyl (C=O) groups excluding carboxylic acids is 1. The molecule has 0 radical (unpaired) electrons. The zero-order valence-corrected chi connectivity index (χ0v) is 14.5. The molecule has 4 saturated carbocycles. The van der Waals surface area contributed by atoms with E-state index in [2.05, 4.69) is 5.32 Å². The third-order valence-electron chi connectivity index (χ3n) is 6.04. The number of hydrogen-bond acceptors (Lipinski definition) is 2. The summed E-state index contributed by atoms with van der Waals surface area (Å²) in [5.41, 5.74) is 1.12. The Balaban J connectivity index is 1.38. The summed E-state index contributed by atoms with van der Waals surface area (Å²) in [6, 6.07) is 7.86. The second-order valence-corrected chi connectivity index (χ2v) is 8.02. The van der Waals surface area contributed by atoms with E-state index in [1.54, 1.807) is 6.08 Å². The minimum atomic E-state index is 0.0610. The first-order valence-corrected chi connectivity index (χ1v) is 9.37. The summed E-state index contributed by atoms with van der Waals surface area (Å²) >= 11 is 0. The maximum atomic E-state index is 12.4. The van der Waals surface area contributed by atoms with Crippen molar-refractivity contribution in [2.24, 2.45) is 17.8 Å². The van der Waals surface area contributed by atoms with Gasteiger partial charge >= 0.3 is 0 Å². The van der Waals surface area contributed by atoms with E-state index in [0.717, 1.165) is 29.1 Å². The van der Waals surface area contributed by atoms with Crippen LogP contribution in [0.4, 0.5) is 0 Å². The van der Waals surface area contributed by atoms with Gasteiger partial charge in [0.15, 0.2) is 0 Å². The second-order valence-electron chi connectivity index (χ2n) is 8.02. The number of carbonyl (C=O) groups is 1. The van der Waals surface area contributed by atoms with Crippen LogP contribution in [-0.4, -0.2) is 18.1 Å². The fraction of sp³-hybridized carbons (Fsp3) is 0.571. The number of rotatable bonds is 5. The molecule has 1 N–H and O–H groups in total. The first-order chi connectivity index (χ1) is 11.6. The van der Waals surface area contributed by atoms with Crippen LogP contribution in [0.3, 0.4) is 0 Å². The Morgan fingerprint density at radius 1 is 1.12 bits per heavy atom. The Bertz CT molecular complexity index is 596. The summed E-state index contributed by atoms with van der Waals surface area (Å²) in [6.07, 6.45) is 11.4. The lowest BCUT2D eigenvalue weighted by Gasteiger charge is -2.56. The molecule has 1 aromatic rings. The zero-order valence-electron chi connectivity index (χ0n) is 14.5. The van der Waals surface area contributed by atoms with Crippen molar-refractivity contribution in [1.82, 2.24) is 5.32 Å². The van der Waals surface area contributed by atoms with E-state index in [1.807, 2.05) is 37.3 Å². The average molecular weight is 325 g/mol. The van der Waals surface area contributed by atoms with Crippen LogP contribution in [0, 0.1) is 17.8 Å². The summed E-state index contributed by atoms with van der Waals surface area (Å²) in [5, 5.41) is 3.38. The number of benzene rings is 1. The molecular formula is C21H27NO2. The number of amides is 1. The SMILES string of the molecule is CCOc1ccc(C=CC(=O)NC23CC4CC(CC(C4)C2)C3)cc1. The fourth-order valence-corrected chi connectivity index (χ4v) is 5.58. The van der Waals surface area contributed by atoms with Gasteiger partial charge in [0, 0.05) is 11.6 Å². The summed E-state index contributed by atoms with van der Waals surface area (Å²) < 4.78 is 5.44. The predicted molar refractivity (Wildman–Crippen MR) is 95.7 cm³/mol. The lowest BCUT2D eigenvalue weighted by molar-refractivity contribution is -0.122. The highest BCUT2D eigenvalue weighted by atomic mass is 16.5. The van der Waals surface area contributed by atoms with Crippen LogP contribution in [0.1, 0.15) is 51.0 Å². The van der Waals surface area contributed by atoms with Crippen LogP contribution in [0.25, 0.3) is 6.08 Å². The molecule has 4 fully saturated rings. The van der Waals surface area contributed by atoms with Crippen LogP contribution < -0.4 is 10.1 Å². The Kier molecular flexibility index (Phi) is 4.11. The zero-order chi connectivity index (χ0) is 16.6. The maximum Gasteiger partial charge on any atom is 0.244 e. The molecule has 0 unspecified atom stereocenters. The summed E-state index contributed by atoms with van der Waals surface area (Å²) in [7, 11) is 0. The van der Waals surface area contributed by atoms with E-state index in [1.165, 1.54) is 38.5 Å². The summed E-state index contributed by atoms with van der Waals surface area (Å²) in [4.78, 5) is 12.4. The molecule has 4 bridgehead atoms. The van der Waals surface area contributed by atoms with Gasteiger partial charge in [0.2, 0.25) is 5.91 Å². The Morgan fingerprint density at radius 2 is 1.71 bits per heavy atom. The van der Waals surface area contributed by atoms with Gasteiger partial charge in [0.05, 0.1) is 6.61 Å². The highest BCUT2D eigenvalue weighted by Crippen LogP contribution is 2.55. The van der Waals surface area contributed by atoms with Crippen molar-refractivity contribution in [1.29, 1.82) is 0 Å². The molecule has 24 heavy (non-hydrogen) atoms. The van der Waals surface area contributed by atoms with Gasteiger partial charge in [-0.1, -0.05) is 12.1 Å².